The van der Waals surface area contributed by atoms with E-state index in [4.69, 9.17) is 0 Å². The third kappa shape index (κ3) is 5.96. The number of halogens is 1. The van der Waals surface area contributed by atoms with E-state index in [2.05, 4.69) is 21.3 Å². The van der Waals surface area contributed by atoms with Crippen molar-refractivity contribution >= 4 is 24.3 Å². The third-order valence-corrected chi connectivity index (χ3v) is 3.78. The summed E-state index contributed by atoms with van der Waals surface area (Å²) in [5.74, 6) is -0.118. The van der Waals surface area contributed by atoms with E-state index in [0.29, 0.717) is 0 Å². The molecular formula is C13H25ClN4O2. The van der Waals surface area contributed by atoms with Crippen molar-refractivity contribution in [2.45, 2.75) is 50.6 Å². The molecule has 2 rings (SSSR count). The SMILES string of the molecule is Cl.O=C(CNC(=O)NC1CCCCC1)NC1CCNC1. The van der Waals surface area contributed by atoms with Gasteiger partial charge in [0.2, 0.25) is 5.91 Å². The number of carbonyl (C=O) groups excluding carboxylic acids is 2. The zero-order valence-corrected chi connectivity index (χ0v) is 12.6. The molecule has 0 bridgehead atoms. The molecule has 2 fully saturated rings. The van der Waals surface area contributed by atoms with Crippen molar-refractivity contribution < 1.29 is 9.59 Å². The maximum Gasteiger partial charge on any atom is 0.315 e. The lowest BCUT2D eigenvalue weighted by atomic mass is 9.96. The van der Waals surface area contributed by atoms with Gasteiger partial charge in [-0.15, -0.1) is 12.4 Å². The minimum Gasteiger partial charge on any atom is -0.351 e. The van der Waals surface area contributed by atoms with E-state index in [1.165, 1.54) is 19.3 Å². The Morgan fingerprint density at radius 3 is 2.40 bits per heavy atom. The van der Waals surface area contributed by atoms with Gasteiger partial charge in [0, 0.05) is 18.6 Å². The van der Waals surface area contributed by atoms with E-state index in [0.717, 1.165) is 32.4 Å². The number of hydrogen-bond donors (Lipinski definition) is 4. The molecule has 2 aliphatic rings. The molecule has 1 unspecified atom stereocenters. The number of urea groups is 1. The monoisotopic (exact) mass is 304 g/mol. The molecule has 1 saturated heterocycles. The Kier molecular flexibility index (Phi) is 7.69. The van der Waals surface area contributed by atoms with Gasteiger partial charge >= 0.3 is 6.03 Å². The van der Waals surface area contributed by atoms with Crippen LogP contribution in [-0.2, 0) is 4.79 Å². The Labute approximate surface area is 126 Å². The highest BCUT2D eigenvalue weighted by Crippen LogP contribution is 2.16. The summed E-state index contributed by atoms with van der Waals surface area (Å²) in [5.41, 5.74) is 0. The van der Waals surface area contributed by atoms with Crippen molar-refractivity contribution in [3.8, 4) is 0 Å². The van der Waals surface area contributed by atoms with Gasteiger partial charge in [-0.3, -0.25) is 4.79 Å². The summed E-state index contributed by atoms with van der Waals surface area (Å²) < 4.78 is 0. The second kappa shape index (κ2) is 9.02. The molecule has 0 aromatic carbocycles. The smallest absolute Gasteiger partial charge is 0.315 e. The molecule has 1 saturated carbocycles. The first-order valence-corrected chi connectivity index (χ1v) is 7.28. The molecule has 6 nitrogen and oxygen atoms in total. The van der Waals surface area contributed by atoms with E-state index >= 15 is 0 Å². The summed E-state index contributed by atoms with van der Waals surface area (Å²) in [7, 11) is 0. The topological polar surface area (TPSA) is 82.3 Å². The average molecular weight is 305 g/mol. The van der Waals surface area contributed by atoms with Gasteiger partial charge in [-0.1, -0.05) is 19.3 Å². The molecule has 3 amide bonds. The molecule has 1 aliphatic carbocycles. The largest absolute Gasteiger partial charge is 0.351 e. The maximum atomic E-state index is 11.6. The Balaban J connectivity index is 0.00000200. The van der Waals surface area contributed by atoms with Crippen LogP contribution in [0.5, 0.6) is 0 Å². The van der Waals surface area contributed by atoms with Crippen LogP contribution < -0.4 is 21.3 Å². The molecule has 20 heavy (non-hydrogen) atoms. The van der Waals surface area contributed by atoms with Gasteiger partial charge in [0.1, 0.15) is 0 Å². The number of hydrogen-bond acceptors (Lipinski definition) is 3. The predicted octanol–water partition coefficient (Wildman–Crippen LogP) is 0.518. The molecule has 0 aromatic heterocycles. The second-order valence-corrected chi connectivity index (χ2v) is 5.42. The van der Waals surface area contributed by atoms with Crippen LogP contribution in [0.25, 0.3) is 0 Å². The number of amides is 3. The van der Waals surface area contributed by atoms with E-state index in [9.17, 15) is 9.59 Å². The fourth-order valence-electron chi connectivity index (χ4n) is 2.70. The van der Waals surface area contributed by atoms with E-state index < -0.39 is 0 Å². The van der Waals surface area contributed by atoms with Crippen molar-refractivity contribution in [2.75, 3.05) is 19.6 Å². The molecule has 0 spiro atoms. The van der Waals surface area contributed by atoms with Crippen molar-refractivity contribution in [3.05, 3.63) is 0 Å². The van der Waals surface area contributed by atoms with Crippen LogP contribution in [0.4, 0.5) is 4.79 Å². The normalized spacial score (nSPS) is 22.7. The predicted molar refractivity (Wildman–Crippen MR) is 80.1 cm³/mol. The summed E-state index contributed by atoms with van der Waals surface area (Å²) in [5, 5.41) is 11.6. The number of carbonyl (C=O) groups is 2. The molecular weight excluding hydrogens is 280 g/mol. The van der Waals surface area contributed by atoms with Crippen LogP contribution in [0.3, 0.4) is 0 Å². The maximum absolute atomic E-state index is 11.6. The van der Waals surface area contributed by atoms with Crippen molar-refractivity contribution in [1.82, 2.24) is 21.3 Å². The lowest BCUT2D eigenvalue weighted by Gasteiger charge is -2.22. The van der Waals surface area contributed by atoms with Gasteiger partial charge in [-0.05, 0) is 25.8 Å². The van der Waals surface area contributed by atoms with Crippen LogP contribution in [0, 0.1) is 0 Å². The first-order valence-electron chi connectivity index (χ1n) is 7.28. The number of rotatable bonds is 4. The van der Waals surface area contributed by atoms with Gasteiger partial charge < -0.3 is 21.3 Å². The zero-order chi connectivity index (χ0) is 13.5. The van der Waals surface area contributed by atoms with Gasteiger partial charge in [-0.2, -0.15) is 0 Å². The quantitative estimate of drug-likeness (QED) is 0.611. The number of nitrogens with one attached hydrogen (secondary N) is 4. The summed E-state index contributed by atoms with van der Waals surface area (Å²) in [6.07, 6.45) is 6.68. The first kappa shape index (κ1) is 17.0. The lowest BCUT2D eigenvalue weighted by molar-refractivity contribution is -0.120. The lowest BCUT2D eigenvalue weighted by Crippen LogP contribution is -2.48. The first-order chi connectivity index (χ1) is 9.24. The van der Waals surface area contributed by atoms with E-state index in [-0.39, 0.29) is 43.0 Å². The summed E-state index contributed by atoms with van der Waals surface area (Å²) >= 11 is 0. The Morgan fingerprint density at radius 1 is 1.00 bits per heavy atom. The van der Waals surface area contributed by atoms with Crippen LogP contribution in [-0.4, -0.2) is 43.7 Å². The van der Waals surface area contributed by atoms with Crippen LogP contribution in [0.1, 0.15) is 38.5 Å². The molecule has 116 valence electrons. The van der Waals surface area contributed by atoms with Crippen molar-refractivity contribution in [1.29, 1.82) is 0 Å². The molecule has 1 atom stereocenters. The Bertz CT molecular complexity index is 315. The molecule has 4 N–H and O–H groups in total. The summed E-state index contributed by atoms with van der Waals surface area (Å²) in [4.78, 5) is 23.3. The zero-order valence-electron chi connectivity index (χ0n) is 11.7. The van der Waals surface area contributed by atoms with E-state index in [1.54, 1.807) is 0 Å². The highest BCUT2D eigenvalue weighted by molar-refractivity contribution is 5.85. The standard InChI is InChI=1S/C13H24N4O2.ClH/c18-12(16-11-6-7-14-8-11)9-15-13(19)17-10-4-2-1-3-5-10;/h10-11,14H,1-9H2,(H,16,18)(H2,15,17,19);1H. The highest BCUT2D eigenvalue weighted by atomic mass is 35.5. The molecule has 0 radical (unpaired) electrons. The van der Waals surface area contributed by atoms with Gasteiger partial charge in [0.25, 0.3) is 0 Å². The van der Waals surface area contributed by atoms with Crippen LogP contribution in [0.15, 0.2) is 0 Å². The summed E-state index contributed by atoms with van der Waals surface area (Å²) in [6, 6.07) is 0.248. The van der Waals surface area contributed by atoms with Gasteiger partial charge in [0.05, 0.1) is 6.54 Å². The van der Waals surface area contributed by atoms with Crippen LogP contribution >= 0.6 is 12.4 Å². The average Bonchev–Trinajstić information content (AvgIpc) is 2.90. The minimum atomic E-state index is -0.230. The van der Waals surface area contributed by atoms with Crippen molar-refractivity contribution in [3.63, 3.8) is 0 Å². The second-order valence-electron chi connectivity index (χ2n) is 5.42. The van der Waals surface area contributed by atoms with Gasteiger partial charge in [0.15, 0.2) is 0 Å². The fraction of sp³-hybridized carbons (Fsp3) is 0.846. The Hall–Kier alpha value is -1.01. The van der Waals surface area contributed by atoms with Gasteiger partial charge in [-0.25, -0.2) is 4.79 Å². The summed E-state index contributed by atoms with van der Waals surface area (Å²) in [6.45, 7) is 1.82. The third-order valence-electron chi connectivity index (χ3n) is 3.78. The highest BCUT2D eigenvalue weighted by Gasteiger charge is 2.18. The molecule has 7 heteroatoms. The molecule has 1 aliphatic heterocycles. The fourth-order valence-corrected chi connectivity index (χ4v) is 2.70. The molecule has 0 aromatic rings. The minimum absolute atomic E-state index is 0. The molecule has 1 heterocycles. The van der Waals surface area contributed by atoms with Crippen LogP contribution in [0.2, 0.25) is 0 Å². The van der Waals surface area contributed by atoms with E-state index in [1.807, 2.05) is 0 Å². The van der Waals surface area contributed by atoms with Crippen molar-refractivity contribution in [2.24, 2.45) is 0 Å². The Morgan fingerprint density at radius 2 is 1.75 bits per heavy atom.